The number of aromatic nitrogens is 1. The fourth-order valence-electron chi connectivity index (χ4n) is 2.75. The van der Waals surface area contributed by atoms with E-state index in [2.05, 4.69) is 0 Å². The lowest BCUT2D eigenvalue weighted by Gasteiger charge is -2.06. The lowest BCUT2D eigenvalue weighted by atomic mass is 10.0. The maximum atomic E-state index is 11.0. The summed E-state index contributed by atoms with van der Waals surface area (Å²) in [6, 6.07) is 11.6. The van der Waals surface area contributed by atoms with Crippen LogP contribution in [0.25, 0.3) is 11.3 Å². The van der Waals surface area contributed by atoms with Gasteiger partial charge in [-0.15, -0.1) is 28.3 Å². The molecule has 0 spiro atoms. The average molecular weight is 434 g/mol. The van der Waals surface area contributed by atoms with Crippen LogP contribution in [-0.4, -0.2) is 9.91 Å². The Morgan fingerprint density at radius 2 is 1.85 bits per heavy atom. The normalized spacial score (nSPS) is 10.4. The van der Waals surface area contributed by atoms with Gasteiger partial charge >= 0.3 is 0 Å². The Morgan fingerprint density at radius 1 is 1.15 bits per heavy atom. The van der Waals surface area contributed by atoms with Crippen molar-refractivity contribution in [3.05, 3.63) is 79.2 Å². The summed E-state index contributed by atoms with van der Waals surface area (Å²) >= 11 is 1.60. The molecule has 7 heteroatoms. The number of nitro benzene ring substituents is 1. The molecule has 1 heterocycles. The molecule has 2 N–H and O–H groups in total. The average Bonchev–Trinajstić information content (AvgIpc) is 3.06. The SMILES string of the molecule is Br.Cc1cc([N+](=O)[O-])c(C)cc1Cc1nc(-c2ccc(CN)cc2)cs1. The van der Waals surface area contributed by atoms with E-state index in [0.717, 1.165) is 33.0 Å². The molecule has 136 valence electrons. The van der Waals surface area contributed by atoms with Gasteiger partial charge in [-0.05, 0) is 36.6 Å². The van der Waals surface area contributed by atoms with Crippen molar-refractivity contribution >= 4 is 34.0 Å². The summed E-state index contributed by atoms with van der Waals surface area (Å²) < 4.78 is 0. The van der Waals surface area contributed by atoms with Gasteiger partial charge in [-0.1, -0.05) is 24.3 Å². The smallest absolute Gasteiger partial charge is 0.272 e. The summed E-state index contributed by atoms with van der Waals surface area (Å²) in [7, 11) is 0. The Labute approximate surface area is 166 Å². The van der Waals surface area contributed by atoms with E-state index in [9.17, 15) is 10.1 Å². The van der Waals surface area contributed by atoms with Crippen LogP contribution in [0.3, 0.4) is 0 Å². The van der Waals surface area contributed by atoms with Crippen LogP contribution in [0.5, 0.6) is 0 Å². The van der Waals surface area contributed by atoms with Crippen LogP contribution in [0.15, 0.2) is 41.8 Å². The van der Waals surface area contributed by atoms with Crippen LogP contribution in [0.1, 0.15) is 27.3 Å². The molecule has 0 bridgehead atoms. The van der Waals surface area contributed by atoms with Gasteiger partial charge in [0.2, 0.25) is 0 Å². The van der Waals surface area contributed by atoms with E-state index >= 15 is 0 Å². The Bertz CT molecular complexity index is 923. The largest absolute Gasteiger partial charge is 0.326 e. The number of nitrogens with two attached hydrogens (primary N) is 1. The van der Waals surface area contributed by atoms with E-state index in [1.54, 1.807) is 24.3 Å². The highest BCUT2D eigenvalue weighted by Gasteiger charge is 2.14. The van der Waals surface area contributed by atoms with Crippen LogP contribution in [-0.2, 0) is 13.0 Å². The fourth-order valence-corrected chi connectivity index (χ4v) is 3.57. The van der Waals surface area contributed by atoms with Crippen molar-refractivity contribution in [2.75, 3.05) is 0 Å². The van der Waals surface area contributed by atoms with Gasteiger partial charge in [-0.25, -0.2) is 4.98 Å². The second-order valence-electron chi connectivity index (χ2n) is 6.03. The first-order valence-corrected chi connectivity index (χ1v) is 8.84. The molecule has 0 aliphatic carbocycles. The highest BCUT2D eigenvalue weighted by Crippen LogP contribution is 2.27. The summed E-state index contributed by atoms with van der Waals surface area (Å²) in [5, 5.41) is 14.1. The summed E-state index contributed by atoms with van der Waals surface area (Å²) in [4.78, 5) is 15.4. The second-order valence-corrected chi connectivity index (χ2v) is 6.97. The van der Waals surface area contributed by atoms with Crippen molar-refractivity contribution in [1.82, 2.24) is 4.98 Å². The zero-order chi connectivity index (χ0) is 18.0. The van der Waals surface area contributed by atoms with Crippen LogP contribution in [0.2, 0.25) is 0 Å². The first-order valence-electron chi connectivity index (χ1n) is 7.96. The molecule has 0 aliphatic rings. The first-order chi connectivity index (χ1) is 12.0. The molecule has 0 aliphatic heterocycles. The molecule has 0 radical (unpaired) electrons. The Balaban J connectivity index is 0.00000243. The Hall–Kier alpha value is -2.09. The predicted molar refractivity (Wildman–Crippen MR) is 111 cm³/mol. The van der Waals surface area contributed by atoms with Crippen molar-refractivity contribution in [1.29, 1.82) is 0 Å². The van der Waals surface area contributed by atoms with E-state index in [-0.39, 0.29) is 27.6 Å². The van der Waals surface area contributed by atoms with Crippen molar-refractivity contribution in [3.63, 3.8) is 0 Å². The minimum atomic E-state index is -0.335. The predicted octanol–water partition coefficient (Wildman–Crippen LogP) is 4.96. The molecule has 0 amide bonds. The van der Waals surface area contributed by atoms with E-state index in [1.165, 1.54) is 0 Å². The second kappa shape index (κ2) is 8.53. The molecule has 3 rings (SSSR count). The van der Waals surface area contributed by atoms with E-state index in [1.807, 2.05) is 42.6 Å². The summed E-state index contributed by atoms with van der Waals surface area (Å²) in [6.45, 7) is 4.20. The van der Waals surface area contributed by atoms with Crippen LogP contribution in [0.4, 0.5) is 5.69 Å². The minimum Gasteiger partial charge on any atom is -0.326 e. The van der Waals surface area contributed by atoms with Gasteiger partial charge in [0, 0.05) is 35.5 Å². The Morgan fingerprint density at radius 3 is 2.46 bits per heavy atom. The molecule has 26 heavy (non-hydrogen) atoms. The molecule has 0 fully saturated rings. The fraction of sp³-hybridized carbons (Fsp3) is 0.211. The van der Waals surface area contributed by atoms with Crippen LogP contribution in [0, 0.1) is 24.0 Å². The van der Waals surface area contributed by atoms with Gasteiger partial charge in [-0.2, -0.15) is 0 Å². The Kier molecular flexibility index (Phi) is 6.63. The number of hydrogen-bond acceptors (Lipinski definition) is 5. The van der Waals surface area contributed by atoms with Crippen LogP contribution < -0.4 is 5.73 Å². The monoisotopic (exact) mass is 433 g/mol. The third kappa shape index (κ3) is 4.35. The number of thiazole rings is 1. The number of nitro groups is 1. The first kappa shape index (κ1) is 20.2. The van der Waals surface area contributed by atoms with Crippen molar-refractivity contribution < 1.29 is 4.92 Å². The molecular weight excluding hydrogens is 414 g/mol. The number of hydrogen-bond donors (Lipinski definition) is 1. The van der Waals surface area contributed by atoms with Gasteiger partial charge in [0.25, 0.3) is 5.69 Å². The molecule has 1 aromatic heterocycles. The minimum absolute atomic E-state index is 0. The molecule has 3 aromatic rings. The number of benzene rings is 2. The molecular formula is C19H20BrN3O2S. The standard InChI is InChI=1S/C19H19N3O2S.BrH/c1-12-8-18(22(23)24)13(2)7-16(12)9-19-21-17(11-25-19)15-5-3-14(10-20)4-6-15;/h3-8,11H,9-10,20H2,1-2H3;1H. The summed E-state index contributed by atoms with van der Waals surface area (Å²) in [6.07, 6.45) is 0.677. The third-order valence-electron chi connectivity index (χ3n) is 4.23. The molecule has 5 nitrogen and oxygen atoms in total. The van der Waals surface area contributed by atoms with Crippen molar-refractivity contribution in [2.45, 2.75) is 26.8 Å². The highest BCUT2D eigenvalue weighted by atomic mass is 79.9. The maximum Gasteiger partial charge on any atom is 0.272 e. The van der Waals surface area contributed by atoms with Crippen LogP contribution >= 0.6 is 28.3 Å². The number of halogens is 1. The van der Waals surface area contributed by atoms with Gasteiger partial charge in [0.05, 0.1) is 15.6 Å². The van der Waals surface area contributed by atoms with Gasteiger partial charge < -0.3 is 5.73 Å². The molecule has 2 aromatic carbocycles. The lowest BCUT2D eigenvalue weighted by molar-refractivity contribution is -0.385. The lowest BCUT2D eigenvalue weighted by Crippen LogP contribution is -1.98. The third-order valence-corrected chi connectivity index (χ3v) is 5.08. The van der Waals surface area contributed by atoms with Gasteiger partial charge in [0.15, 0.2) is 0 Å². The molecule has 0 unspecified atom stereocenters. The quantitative estimate of drug-likeness (QED) is 0.455. The molecule has 0 saturated heterocycles. The van der Waals surface area contributed by atoms with E-state index < -0.39 is 0 Å². The highest BCUT2D eigenvalue weighted by molar-refractivity contribution is 8.93. The van der Waals surface area contributed by atoms with E-state index in [4.69, 9.17) is 10.7 Å². The van der Waals surface area contributed by atoms with Gasteiger partial charge in [-0.3, -0.25) is 10.1 Å². The molecule has 0 saturated carbocycles. The van der Waals surface area contributed by atoms with E-state index in [0.29, 0.717) is 18.5 Å². The maximum absolute atomic E-state index is 11.0. The summed E-state index contributed by atoms with van der Waals surface area (Å²) in [5.74, 6) is 0. The number of rotatable bonds is 5. The zero-order valence-electron chi connectivity index (χ0n) is 14.6. The topological polar surface area (TPSA) is 82.0 Å². The van der Waals surface area contributed by atoms with Crippen molar-refractivity contribution in [3.8, 4) is 11.3 Å². The number of aryl methyl sites for hydroxylation is 2. The van der Waals surface area contributed by atoms with Crippen molar-refractivity contribution in [2.24, 2.45) is 5.73 Å². The summed E-state index contributed by atoms with van der Waals surface area (Å²) in [5.41, 5.74) is 11.6. The zero-order valence-corrected chi connectivity index (χ0v) is 17.1. The van der Waals surface area contributed by atoms with Gasteiger partial charge in [0.1, 0.15) is 0 Å². The number of nitrogens with zero attached hydrogens (tertiary/aromatic N) is 2. The molecule has 0 atom stereocenters.